The van der Waals surface area contributed by atoms with Crippen LogP contribution in [0.2, 0.25) is 0 Å². The highest BCUT2D eigenvalue weighted by Gasteiger charge is 2.25. The molecule has 0 aliphatic heterocycles. The summed E-state index contributed by atoms with van der Waals surface area (Å²) in [7, 11) is 0. The van der Waals surface area contributed by atoms with E-state index in [-0.39, 0.29) is 12.1 Å². The van der Waals surface area contributed by atoms with Gasteiger partial charge in [-0.05, 0) is 38.3 Å². The lowest BCUT2D eigenvalue weighted by Crippen LogP contribution is -2.33. The maximum absolute atomic E-state index is 5.93. The van der Waals surface area contributed by atoms with Gasteiger partial charge in [0.15, 0.2) is 0 Å². The molecule has 1 aliphatic carbocycles. The Hall–Kier alpha value is -1.02. The van der Waals surface area contributed by atoms with Crippen molar-refractivity contribution >= 4 is 0 Å². The molecule has 1 fully saturated rings. The van der Waals surface area contributed by atoms with Crippen LogP contribution in [0.3, 0.4) is 0 Å². The topological polar surface area (TPSA) is 35.2 Å². The number of hydrogen-bond acceptors (Lipinski definition) is 2. The van der Waals surface area contributed by atoms with Crippen molar-refractivity contribution in [1.29, 1.82) is 0 Å². The summed E-state index contributed by atoms with van der Waals surface area (Å²) in [5.74, 6) is 0.943. The molecule has 76 valence electrons. The Bertz CT molecular complexity index is 294. The van der Waals surface area contributed by atoms with Crippen LogP contribution in [0.4, 0.5) is 0 Å². The van der Waals surface area contributed by atoms with Crippen molar-refractivity contribution in [3.05, 3.63) is 29.8 Å². The predicted octanol–water partition coefficient (Wildman–Crippen LogP) is 2.25. The number of benzene rings is 1. The highest BCUT2D eigenvalue weighted by atomic mass is 16.5. The van der Waals surface area contributed by atoms with Crippen molar-refractivity contribution in [1.82, 2.24) is 0 Å². The molecule has 0 aromatic heterocycles. The Morgan fingerprint density at radius 1 is 1.21 bits per heavy atom. The molecule has 0 saturated heterocycles. The van der Waals surface area contributed by atoms with E-state index in [2.05, 4.69) is 19.1 Å². The summed E-state index contributed by atoms with van der Waals surface area (Å²) in [6, 6.07) is 8.38. The lowest BCUT2D eigenvalue weighted by Gasteiger charge is -2.17. The van der Waals surface area contributed by atoms with Crippen molar-refractivity contribution in [3.8, 4) is 5.75 Å². The van der Waals surface area contributed by atoms with Crippen molar-refractivity contribution in [2.24, 2.45) is 5.73 Å². The Labute approximate surface area is 85.1 Å². The van der Waals surface area contributed by atoms with Crippen LogP contribution in [0, 0.1) is 6.92 Å². The minimum Gasteiger partial charge on any atom is -0.489 e. The summed E-state index contributed by atoms with van der Waals surface area (Å²) in [6.07, 6.45) is 3.60. The molecule has 2 heteroatoms. The Morgan fingerprint density at radius 2 is 1.93 bits per heavy atom. The van der Waals surface area contributed by atoms with E-state index in [4.69, 9.17) is 10.5 Å². The molecular formula is C12H17NO. The second kappa shape index (κ2) is 4.01. The van der Waals surface area contributed by atoms with E-state index in [1.165, 1.54) is 12.0 Å². The highest BCUT2D eigenvalue weighted by Crippen LogP contribution is 2.23. The van der Waals surface area contributed by atoms with Gasteiger partial charge in [-0.25, -0.2) is 0 Å². The fourth-order valence-corrected chi connectivity index (χ4v) is 1.89. The smallest absolute Gasteiger partial charge is 0.119 e. The minimum atomic E-state index is 0.219. The molecule has 1 aromatic carbocycles. The normalized spacial score (nSPS) is 26.4. The van der Waals surface area contributed by atoms with Gasteiger partial charge in [0.1, 0.15) is 11.9 Å². The lowest BCUT2D eigenvalue weighted by molar-refractivity contribution is 0.191. The Morgan fingerprint density at radius 3 is 2.50 bits per heavy atom. The van der Waals surface area contributed by atoms with Crippen LogP contribution in [0.15, 0.2) is 24.3 Å². The molecule has 2 rings (SSSR count). The summed E-state index contributed by atoms with van der Waals surface area (Å²) in [6.45, 7) is 2.07. The van der Waals surface area contributed by atoms with Gasteiger partial charge in [-0.3, -0.25) is 0 Å². The van der Waals surface area contributed by atoms with Gasteiger partial charge in [0.2, 0.25) is 0 Å². The number of rotatable bonds is 2. The molecule has 2 atom stereocenters. The van der Waals surface area contributed by atoms with Crippen molar-refractivity contribution in [3.63, 3.8) is 0 Å². The van der Waals surface area contributed by atoms with Crippen LogP contribution in [0.1, 0.15) is 24.8 Å². The zero-order chi connectivity index (χ0) is 9.97. The second-order valence-corrected chi connectivity index (χ2v) is 4.06. The minimum absolute atomic E-state index is 0.219. The first-order valence-corrected chi connectivity index (χ1v) is 5.24. The molecule has 14 heavy (non-hydrogen) atoms. The molecule has 0 unspecified atom stereocenters. The van der Waals surface area contributed by atoms with Gasteiger partial charge in [-0.2, -0.15) is 0 Å². The number of ether oxygens (including phenoxy) is 1. The largest absolute Gasteiger partial charge is 0.489 e. The molecule has 0 spiro atoms. The van der Waals surface area contributed by atoms with Crippen LogP contribution < -0.4 is 10.5 Å². The Balaban J connectivity index is 2.00. The van der Waals surface area contributed by atoms with Crippen LogP contribution >= 0.6 is 0 Å². The summed E-state index contributed by atoms with van der Waals surface area (Å²) in [5.41, 5.74) is 7.19. The summed E-state index contributed by atoms with van der Waals surface area (Å²) in [5, 5.41) is 0. The maximum atomic E-state index is 5.93. The van der Waals surface area contributed by atoms with Crippen LogP contribution in [-0.4, -0.2) is 12.1 Å². The van der Waals surface area contributed by atoms with E-state index in [0.29, 0.717) is 0 Å². The third-order valence-corrected chi connectivity index (χ3v) is 2.81. The zero-order valence-corrected chi connectivity index (χ0v) is 8.57. The predicted molar refractivity (Wildman–Crippen MR) is 57.4 cm³/mol. The van der Waals surface area contributed by atoms with Gasteiger partial charge < -0.3 is 10.5 Å². The molecule has 0 bridgehead atoms. The van der Waals surface area contributed by atoms with Crippen LogP contribution in [-0.2, 0) is 0 Å². The first-order valence-electron chi connectivity index (χ1n) is 5.24. The number of nitrogens with two attached hydrogens (primary N) is 1. The molecular weight excluding hydrogens is 174 g/mol. The molecule has 0 radical (unpaired) electrons. The summed E-state index contributed by atoms with van der Waals surface area (Å²) >= 11 is 0. The van der Waals surface area contributed by atoms with Gasteiger partial charge in [0.25, 0.3) is 0 Å². The van der Waals surface area contributed by atoms with Crippen LogP contribution in [0.5, 0.6) is 5.75 Å². The molecule has 0 amide bonds. The molecule has 1 aromatic rings. The first kappa shape index (κ1) is 9.53. The molecule has 2 nitrogen and oxygen atoms in total. The van der Waals surface area contributed by atoms with Gasteiger partial charge in [0, 0.05) is 6.04 Å². The monoisotopic (exact) mass is 191 g/mol. The molecule has 0 heterocycles. The SMILES string of the molecule is Cc1ccc(O[C@@H]2CCC[C@@H]2N)cc1. The second-order valence-electron chi connectivity index (χ2n) is 4.06. The van der Waals surface area contributed by atoms with Gasteiger partial charge in [0.05, 0.1) is 0 Å². The third-order valence-electron chi connectivity index (χ3n) is 2.81. The zero-order valence-electron chi connectivity index (χ0n) is 8.57. The third kappa shape index (κ3) is 2.07. The first-order chi connectivity index (χ1) is 6.75. The average molecular weight is 191 g/mol. The standard InChI is InChI=1S/C12H17NO/c1-9-5-7-10(8-6-9)14-12-4-2-3-11(12)13/h5-8,11-12H,2-4,13H2,1H3/t11-,12+/m0/s1. The lowest BCUT2D eigenvalue weighted by atomic mass is 10.2. The molecule has 1 aliphatic rings. The van der Waals surface area contributed by atoms with E-state index < -0.39 is 0 Å². The van der Waals surface area contributed by atoms with Gasteiger partial charge in [-0.15, -0.1) is 0 Å². The van der Waals surface area contributed by atoms with Crippen LogP contribution in [0.25, 0.3) is 0 Å². The highest BCUT2D eigenvalue weighted by molar-refractivity contribution is 5.26. The van der Waals surface area contributed by atoms with E-state index in [0.717, 1.165) is 18.6 Å². The van der Waals surface area contributed by atoms with Gasteiger partial charge >= 0.3 is 0 Å². The van der Waals surface area contributed by atoms with E-state index >= 15 is 0 Å². The van der Waals surface area contributed by atoms with E-state index in [1.807, 2.05) is 12.1 Å². The number of hydrogen-bond donors (Lipinski definition) is 1. The fourth-order valence-electron chi connectivity index (χ4n) is 1.89. The fraction of sp³-hybridized carbons (Fsp3) is 0.500. The summed E-state index contributed by atoms with van der Waals surface area (Å²) < 4.78 is 5.82. The number of aryl methyl sites for hydroxylation is 1. The van der Waals surface area contributed by atoms with Crippen molar-refractivity contribution < 1.29 is 4.74 Å². The van der Waals surface area contributed by atoms with Gasteiger partial charge in [-0.1, -0.05) is 17.7 Å². The van der Waals surface area contributed by atoms with E-state index in [9.17, 15) is 0 Å². The Kier molecular flexibility index (Phi) is 2.73. The quantitative estimate of drug-likeness (QED) is 0.778. The summed E-state index contributed by atoms with van der Waals surface area (Å²) in [4.78, 5) is 0. The van der Waals surface area contributed by atoms with E-state index in [1.54, 1.807) is 0 Å². The average Bonchev–Trinajstić information content (AvgIpc) is 2.56. The molecule has 2 N–H and O–H groups in total. The van der Waals surface area contributed by atoms with Crippen molar-refractivity contribution in [2.45, 2.75) is 38.3 Å². The van der Waals surface area contributed by atoms with Crippen molar-refractivity contribution in [2.75, 3.05) is 0 Å². The molecule has 1 saturated carbocycles. The maximum Gasteiger partial charge on any atom is 0.119 e.